The predicted molar refractivity (Wildman–Crippen MR) is 51.5 cm³/mol. The number of benzene rings is 1. The average Bonchev–Trinajstić information content (AvgIpc) is 2.01. The van der Waals surface area contributed by atoms with Crippen LogP contribution in [-0.2, 0) is 0 Å². The highest BCUT2D eigenvalue weighted by molar-refractivity contribution is 9.10. The van der Waals surface area contributed by atoms with Gasteiger partial charge in [-0.15, -0.1) is 0 Å². The lowest BCUT2D eigenvalue weighted by atomic mass is 10.1. The summed E-state index contributed by atoms with van der Waals surface area (Å²) in [4.78, 5) is 0. The molecule has 1 rings (SSSR count). The van der Waals surface area contributed by atoms with Crippen molar-refractivity contribution in [2.24, 2.45) is 5.73 Å². The number of hydrogen-bond donors (Lipinski definition) is 2. The van der Waals surface area contributed by atoms with Crippen LogP contribution in [0.15, 0.2) is 22.7 Å². The normalized spacial score (nSPS) is 14.1. The van der Waals surface area contributed by atoms with E-state index in [2.05, 4.69) is 15.9 Å². The summed E-state index contributed by atoms with van der Waals surface area (Å²) in [5.41, 5.74) is 10.3. The Morgan fingerprint density at radius 2 is 1.86 bits per heavy atom. The quantitative estimate of drug-likeness (QED) is 0.770. The topological polar surface area (TPSA) is 52.0 Å². The fourth-order valence-corrected chi connectivity index (χ4v) is 1.38. The molecule has 0 saturated carbocycles. The number of rotatable bonds is 1. The lowest BCUT2D eigenvalue weighted by Crippen LogP contribution is -2.29. The van der Waals surface area contributed by atoms with Crippen LogP contribution in [0.1, 0.15) is 11.6 Å². The Morgan fingerprint density at radius 3 is 2.29 bits per heavy atom. The van der Waals surface area contributed by atoms with Crippen molar-refractivity contribution in [3.63, 3.8) is 0 Å². The molecule has 2 nitrogen and oxygen atoms in total. The highest BCUT2D eigenvalue weighted by Gasteiger charge is 2.38. The fourth-order valence-electron chi connectivity index (χ4n) is 1.01. The van der Waals surface area contributed by atoms with Gasteiger partial charge in [-0.05, 0) is 12.1 Å². The van der Waals surface area contributed by atoms with Gasteiger partial charge < -0.3 is 11.5 Å². The first-order valence-electron chi connectivity index (χ1n) is 3.69. The lowest BCUT2D eigenvalue weighted by molar-refractivity contribution is -0.149. The molecule has 0 aromatic heterocycles. The van der Waals surface area contributed by atoms with Crippen molar-refractivity contribution in [2.45, 2.75) is 12.2 Å². The molecule has 1 aromatic rings. The van der Waals surface area contributed by atoms with Crippen molar-refractivity contribution in [1.82, 2.24) is 0 Å². The first kappa shape index (κ1) is 11.3. The minimum Gasteiger partial charge on any atom is -0.398 e. The van der Waals surface area contributed by atoms with Gasteiger partial charge in [0.15, 0.2) is 0 Å². The van der Waals surface area contributed by atoms with Gasteiger partial charge >= 0.3 is 6.18 Å². The van der Waals surface area contributed by atoms with Crippen LogP contribution in [0.3, 0.4) is 0 Å². The predicted octanol–water partition coefficient (Wildman–Crippen LogP) is 2.59. The monoisotopic (exact) mass is 268 g/mol. The number of alkyl halides is 3. The standard InChI is InChI=1S/C8H8BrF3N2/c9-4-1-2-5(6(13)3-4)7(14)8(10,11)12/h1-3,7H,13-14H2/t7-/m1/s1. The van der Waals surface area contributed by atoms with Crippen LogP contribution in [0.5, 0.6) is 0 Å². The summed E-state index contributed by atoms with van der Waals surface area (Å²) >= 11 is 3.09. The van der Waals surface area contributed by atoms with E-state index < -0.39 is 12.2 Å². The summed E-state index contributed by atoms with van der Waals surface area (Å²) in [5, 5.41) is 0. The molecule has 0 aliphatic rings. The molecule has 0 aliphatic heterocycles. The first-order chi connectivity index (χ1) is 6.32. The van der Waals surface area contributed by atoms with Crippen LogP contribution >= 0.6 is 15.9 Å². The molecule has 0 radical (unpaired) electrons. The molecule has 1 aromatic carbocycles. The van der Waals surface area contributed by atoms with Gasteiger partial charge in [0.2, 0.25) is 0 Å². The molecule has 0 spiro atoms. The minimum atomic E-state index is -4.47. The third kappa shape index (κ3) is 2.39. The van der Waals surface area contributed by atoms with Crippen LogP contribution in [0.2, 0.25) is 0 Å². The van der Waals surface area contributed by atoms with E-state index in [9.17, 15) is 13.2 Å². The van der Waals surface area contributed by atoms with E-state index in [1.165, 1.54) is 18.2 Å². The average molecular weight is 269 g/mol. The zero-order valence-corrected chi connectivity index (χ0v) is 8.56. The largest absolute Gasteiger partial charge is 0.407 e. The zero-order chi connectivity index (χ0) is 10.9. The Kier molecular flexibility index (Phi) is 3.06. The molecular weight excluding hydrogens is 261 g/mol. The number of nitrogens with two attached hydrogens (primary N) is 2. The van der Waals surface area contributed by atoms with Crippen molar-refractivity contribution < 1.29 is 13.2 Å². The summed E-state index contributed by atoms with van der Waals surface area (Å²) in [5.74, 6) is 0. The van der Waals surface area contributed by atoms with Crippen molar-refractivity contribution >= 4 is 21.6 Å². The number of halogens is 4. The van der Waals surface area contributed by atoms with E-state index in [4.69, 9.17) is 11.5 Å². The van der Waals surface area contributed by atoms with Gasteiger partial charge in [-0.1, -0.05) is 22.0 Å². The van der Waals surface area contributed by atoms with E-state index >= 15 is 0 Å². The Bertz CT molecular complexity index is 338. The summed E-state index contributed by atoms with van der Waals surface area (Å²) in [7, 11) is 0. The highest BCUT2D eigenvalue weighted by Crippen LogP contribution is 2.34. The maximum atomic E-state index is 12.2. The molecule has 6 heteroatoms. The molecule has 0 bridgehead atoms. The van der Waals surface area contributed by atoms with Gasteiger partial charge in [0.05, 0.1) is 0 Å². The highest BCUT2D eigenvalue weighted by atomic mass is 79.9. The number of nitrogen functional groups attached to an aromatic ring is 1. The Morgan fingerprint density at radius 1 is 1.29 bits per heavy atom. The molecule has 0 fully saturated rings. The maximum absolute atomic E-state index is 12.2. The molecular formula is C8H8BrF3N2. The lowest BCUT2D eigenvalue weighted by Gasteiger charge is -2.17. The van der Waals surface area contributed by atoms with Crippen LogP contribution in [0, 0.1) is 0 Å². The van der Waals surface area contributed by atoms with E-state index in [1.807, 2.05) is 0 Å². The molecule has 0 amide bonds. The van der Waals surface area contributed by atoms with Crippen LogP contribution < -0.4 is 11.5 Å². The third-order valence-corrected chi connectivity index (χ3v) is 2.23. The summed E-state index contributed by atoms with van der Waals surface area (Å²) in [6, 6.07) is 2.09. The summed E-state index contributed by atoms with van der Waals surface area (Å²) in [6.45, 7) is 0. The Labute approximate surface area is 87.2 Å². The molecule has 0 unspecified atom stereocenters. The SMILES string of the molecule is Nc1cc(Br)ccc1[C@@H](N)C(F)(F)F. The van der Waals surface area contributed by atoms with Gasteiger partial charge in [-0.2, -0.15) is 13.2 Å². The summed E-state index contributed by atoms with van der Waals surface area (Å²) in [6.07, 6.45) is -4.47. The van der Waals surface area contributed by atoms with Crippen LogP contribution in [0.25, 0.3) is 0 Å². The van der Waals surface area contributed by atoms with E-state index in [-0.39, 0.29) is 11.3 Å². The van der Waals surface area contributed by atoms with Crippen molar-refractivity contribution in [3.05, 3.63) is 28.2 Å². The van der Waals surface area contributed by atoms with E-state index in [1.54, 1.807) is 0 Å². The maximum Gasteiger partial charge on any atom is 0.407 e. The molecule has 1 atom stereocenters. The van der Waals surface area contributed by atoms with E-state index in [0.717, 1.165) is 0 Å². The molecule has 0 heterocycles. The van der Waals surface area contributed by atoms with Crippen LogP contribution in [0.4, 0.5) is 18.9 Å². The van der Waals surface area contributed by atoms with Crippen molar-refractivity contribution in [1.29, 1.82) is 0 Å². The van der Waals surface area contributed by atoms with Gasteiger partial charge in [-0.25, -0.2) is 0 Å². The second kappa shape index (κ2) is 3.78. The minimum absolute atomic E-state index is 0.0317. The smallest absolute Gasteiger partial charge is 0.398 e. The van der Waals surface area contributed by atoms with E-state index in [0.29, 0.717) is 4.47 Å². The molecule has 4 N–H and O–H groups in total. The second-order valence-electron chi connectivity index (χ2n) is 2.79. The van der Waals surface area contributed by atoms with Crippen molar-refractivity contribution in [3.8, 4) is 0 Å². The zero-order valence-electron chi connectivity index (χ0n) is 6.98. The molecule has 0 aliphatic carbocycles. The Hall–Kier alpha value is -0.750. The van der Waals surface area contributed by atoms with Gasteiger partial charge in [0, 0.05) is 15.7 Å². The number of hydrogen-bond acceptors (Lipinski definition) is 2. The second-order valence-corrected chi connectivity index (χ2v) is 3.71. The number of anilines is 1. The fraction of sp³-hybridized carbons (Fsp3) is 0.250. The first-order valence-corrected chi connectivity index (χ1v) is 4.49. The Balaban J connectivity index is 3.08. The molecule has 14 heavy (non-hydrogen) atoms. The molecule has 78 valence electrons. The van der Waals surface area contributed by atoms with Crippen molar-refractivity contribution in [2.75, 3.05) is 5.73 Å². The summed E-state index contributed by atoms with van der Waals surface area (Å²) < 4.78 is 37.3. The molecule has 0 saturated heterocycles. The third-order valence-electron chi connectivity index (χ3n) is 1.74. The van der Waals surface area contributed by atoms with Gasteiger partial charge in [-0.3, -0.25) is 0 Å². The van der Waals surface area contributed by atoms with Gasteiger partial charge in [0.1, 0.15) is 6.04 Å². The van der Waals surface area contributed by atoms with Gasteiger partial charge in [0.25, 0.3) is 0 Å². The van der Waals surface area contributed by atoms with Crippen LogP contribution in [-0.4, -0.2) is 6.18 Å².